The third-order valence-electron chi connectivity index (χ3n) is 14.8. The zero-order valence-electron chi connectivity index (χ0n) is 29.0. The zero-order valence-corrected chi connectivity index (χ0v) is 29.0. The smallest absolute Gasteiger partial charge is 0.232 e. The van der Waals surface area contributed by atoms with Gasteiger partial charge in [0.25, 0.3) is 33.8 Å². The van der Waals surface area contributed by atoms with Crippen molar-refractivity contribution in [2.24, 2.45) is 0 Å². The molecule has 0 fully saturated rings. The van der Waals surface area contributed by atoms with Crippen LogP contribution in [-0.4, -0.2) is 9.97 Å². The minimum Gasteiger partial charge on any atom is -0.232 e. The van der Waals surface area contributed by atoms with Crippen LogP contribution < -0.4 is 36.5 Å². The molecule has 0 aliphatic carbocycles. The number of pyridine rings is 4. The van der Waals surface area contributed by atoms with E-state index in [4.69, 9.17) is 9.97 Å². The third kappa shape index (κ3) is 1.80. The second kappa shape index (κ2) is 6.77. The molecule has 10 nitrogen and oxygen atoms in total. The molecule has 15 heterocycles. The SMILES string of the molecule is c1cc2[n+]3c(c1)-c1cccc4[n+]1C31[n+]3c5c-2cccc5nc2c5nc6cccc7c6[n+]6c5c5c(c23)[n+]1c1c-4ccc2c1[n+]5C61[n+]3c-7cccc3-c3cccc-2[n+]31. The van der Waals surface area contributed by atoms with E-state index >= 15 is 0 Å². The standard InChI is InChI=1S/C46H20N10/c1-7-21-27-11-3-15-31-33-17-5-13-29-23-19-20-24-30-14-6-18-34-32-16-4-12-28-22-8-2-10-26-38(22)54-42-36(48-26)35-41-43-44(42)56(46(54,50(28)32)52(30)34)40(24)39(23)55(43)45(49(27)31,51(29)33)53(41)37(21)25(9-1)47-35/h1-20H/q+8. The van der Waals surface area contributed by atoms with Gasteiger partial charge < -0.3 is 0 Å². The van der Waals surface area contributed by atoms with Crippen molar-refractivity contribution < 1.29 is 36.5 Å². The van der Waals surface area contributed by atoms with Crippen molar-refractivity contribution in [2.45, 2.75) is 11.8 Å². The van der Waals surface area contributed by atoms with Crippen LogP contribution in [-0.2, 0) is 11.8 Å². The number of nitrogens with zero attached hydrogens (tertiary/aromatic N) is 10. The Morgan fingerprint density at radius 2 is 0.589 bits per heavy atom. The molecule has 2 atom stereocenters. The fraction of sp³-hybridized carbons (Fsp3) is 0.0435. The van der Waals surface area contributed by atoms with Crippen LogP contribution in [0.2, 0.25) is 0 Å². The van der Waals surface area contributed by atoms with E-state index in [1.165, 1.54) is 89.9 Å². The fourth-order valence-corrected chi connectivity index (χ4v) is 13.4. The van der Waals surface area contributed by atoms with Crippen LogP contribution in [0.3, 0.4) is 0 Å². The highest BCUT2D eigenvalue weighted by molar-refractivity contribution is 6.18. The van der Waals surface area contributed by atoms with Gasteiger partial charge in [-0.3, -0.25) is 0 Å². The van der Waals surface area contributed by atoms with E-state index in [2.05, 4.69) is 158 Å². The largest absolute Gasteiger partial charge is 0.772 e. The highest BCUT2D eigenvalue weighted by Crippen LogP contribution is 2.50. The van der Waals surface area contributed by atoms with Gasteiger partial charge in [0.15, 0.2) is 11.0 Å². The van der Waals surface area contributed by atoms with Crippen LogP contribution in [0, 0.1) is 0 Å². The first-order valence-corrected chi connectivity index (χ1v) is 19.4. The number of rotatable bonds is 0. The van der Waals surface area contributed by atoms with E-state index in [9.17, 15) is 0 Å². The van der Waals surface area contributed by atoms with Crippen molar-refractivity contribution in [3.63, 3.8) is 0 Å². The lowest BCUT2D eigenvalue weighted by Gasteiger charge is -2.20. The molecule has 0 saturated heterocycles. The molecular weight excluding hydrogens is 693 g/mol. The van der Waals surface area contributed by atoms with E-state index in [1.54, 1.807) is 0 Å². The molecule has 2 spiro atoms. The fourth-order valence-electron chi connectivity index (χ4n) is 13.4. The average molecular weight is 713 g/mol. The predicted octanol–water partition coefficient (Wildman–Crippen LogP) is 2.63. The summed E-state index contributed by atoms with van der Waals surface area (Å²) in [7, 11) is 0. The molecule has 0 saturated carbocycles. The van der Waals surface area contributed by atoms with Gasteiger partial charge in [0, 0.05) is 85.1 Å². The van der Waals surface area contributed by atoms with Gasteiger partial charge in [-0.1, -0.05) is 12.1 Å². The van der Waals surface area contributed by atoms with Crippen molar-refractivity contribution in [3.05, 3.63) is 121 Å². The Labute approximate surface area is 312 Å². The molecule has 56 heavy (non-hydrogen) atoms. The minimum absolute atomic E-state index is 0.803. The zero-order chi connectivity index (χ0) is 35.0. The van der Waals surface area contributed by atoms with Crippen molar-refractivity contribution >= 4 is 66.2 Å². The predicted molar refractivity (Wildman–Crippen MR) is 197 cm³/mol. The Morgan fingerprint density at radius 3 is 0.982 bits per heavy atom. The summed E-state index contributed by atoms with van der Waals surface area (Å²) in [5.74, 6) is -1.61. The highest BCUT2D eigenvalue weighted by Gasteiger charge is 2.93. The van der Waals surface area contributed by atoms with E-state index in [0.29, 0.717) is 0 Å². The number of para-hydroxylation sites is 2. The molecule has 0 bridgehead atoms. The molecule has 0 N–H and O–H groups in total. The van der Waals surface area contributed by atoms with Crippen molar-refractivity contribution in [1.82, 2.24) is 9.97 Å². The number of aromatic nitrogens is 10. The summed E-state index contributed by atoms with van der Waals surface area (Å²) in [5, 5.41) is 0. The summed E-state index contributed by atoms with van der Waals surface area (Å²) in [5.41, 5.74) is 27.8. The summed E-state index contributed by atoms with van der Waals surface area (Å²) < 4.78 is 21.3. The molecular formula is C46H20N10+8. The Kier molecular flexibility index (Phi) is 2.97. The van der Waals surface area contributed by atoms with Crippen molar-refractivity contribution in [1.29, 1.82) is 0 Å². The summed E-state index contributed by atoms with van der Waals surface area (Å²) in [6.45, 7) is 0. The number of fused-ring (bicyclic) bond motifs is 7. The molecule has 0 radical (unpaired) electrons. The lowest BCUT2D eigenvalue weighted by atomic mass is 9.96. The van der Waals surface area contributed by atoms with E-state index < -0.39 is 11.8 Å². The number of hydrogen-bond acceptors (Lipinski definition) is 2. The van der Waals surface area contributed by atoms with Gasteiger partial charge in [0.2, 0.25) is 22.8 Å². The highest BCUT2D eigenvalue weighted by atomic mass is 15.7. The van der Waals surface area contributed by atoms with Gasteiger partial charge >= 0.3 is 44.9 Å². The topological polar surface area (TPSA) is 56.8 Å². The normalized spacial score (nSPS) is 20.3. The molecule has 0 amide bonds. The van der Waals surface area contributed by atoms with Gasteiger partial charge in [-0.15, -0.1) is 0 Å². The lowest BCUT2D eigenvalue weighted by Crippen LogP contribution is -2.98. The molecule has 10 heteroatoms. The first kappa shape index (κ1) is 24.6. The first-order chi connectivity index (χ1) is 27.8. The van der Waals surface area contributed by atoms with E-state index in [0.717, 1.165) is 44.1 Å². The molecule has 246 valence electrons. The average Bonchev–Trinajstić information content (AvgIpc) is 3.95. The Balaban J connectivity index is 1.26. The Hall–Kier alpha value is -7.72. The lowest BCUT2D eigenvalue weighted by molar-refractivity contribution is -1.29. The van der Waals surface area contributed by atoms with Crippen LogP contribution >= 0.6 is 0 Å². The van der Waals surface area contributed by atoms with Gasteiger partial charge in [-0.05, 0) is 60.7 Å². The number of benzene rings is 4. The molecule has 2 unspecified atom stereocenters. The van der Waals surface area contributed by atoms with Crippen LogP contribution in [0.15, 0.2) is 121 Å². The second-order valence-electron chi connectivity index (χ2n) is 16.6. The maximum Gasteiger partial charge on any atom is 0.772 e. The van der Waals surface area contributed by atoms with Crippen LogP contribution in [0.1, 0.15) is 0 Å². The summed E-state index contributed by atoms with van der Waals surface area (Å²) in [6, 6.07) is 45.6. The quantitative estimate of drug-likeness (QED) is 0.138. The van der Waals surface area contributed by atoms with Crippen LogP contribution in [0.5, 0.6) is 0 Å². The Morgan fingerprint density at radius 1 is 0.268 bits per heavy atom. The van der Waals surface area contributed by atoms with E-state index in [-0.39, 0.29) is 0 Å². The molecule has 11 aromatic rings. The summed E-state index contributed by atoms with van der Waals surface area (Å²) >= 11 is 0. The molecule has 7 aromatic heterocycles. The maximum absolute atomic E-state index is 5.73. The number of hydrogen-bond donors (Lipinski definition) is 0. The molecule has 8 aliphatic rings. The van der Waals surface area contributed by atoms with Gasteiger partial charge in [-0.25, -0.2) is 9.97 Å². The Bertz CT molecular complexity index is 3920. The monoisotopic (exact) mass is 712 g/mol. The maximum atomic E-state index is 5.73. The van der Waals surface area contributed by atoms with Crippen molar-refractivity contribution in [2.75, 3.05) is 0 Å². The molecule has 8 aliphatic heterocycles. The van der Waals surface area contributed by atoms with Crippen LogP contribution in [0.25, 0.3) is 134 Å². The van der Waals surface area contributed by atoms with Gasteiger partial charge in [0.05, 0.1) is 0 Å². The molecule has 19 rings (SSSR count). The van der Waals surface area contributed by atoms with Crippen molar-refractivity contribution in [3.8, 4) is 67.8 Å². The van der Waals surface area contributed by atoms with Gasteiger partial charge in [-0.2, -0.15) is 0 Å². The van der Waals surface area contributed by atoms with Gasteiger partial charge in [0.1, 0.15) is 33.3 Å². The summed E-state index contributed by atoms with van der Waals surface area (Å²) in [6.07, 6.45) is 0. The first-order valence-electron chi connectivity index (χ1n) is 19.4. The minimum atomic E-state index is -0.803. The van der Waals surface area contributed by atoms with E-state index in [1.807, 2.05) is 0 Å². The third-order valence-corrected chi connectivity index (χ3v) is 14.8. The second-order valence-corrected chi connectivity index (χ2v) is 16.6. The molecule has 4 aromatic carbocycles. The summed E-state index contributed by atoms with van der Waals surface area (Å²) in [4.78, 5) is 11.5. The van der Waals surface area contributed by atoms with Crippen LogP contribution in [0.4, 0.5) is 0 Å².